The van der Waals surface area contributed by atoms with Gasteiger partial charge in [0, 0.05) is 31.7 Å². The largest absolute Gasteiger partial charge is 0.388 e. The highest BCUT2D eigenvalue weighted by molar-refractivity contribution is 7.98. The van der Waals surface area contributed by atoms with Crippen LogP contribution in [0.2, 0.25) is 0 Å². The minimum Gasteiger partial charge on any atom is -0.388 e. The Morgan fingerprint density at radius 1 is 1.50 bits per heavy atom. The van der Waals surface area contributed by atoms with Crippen LogP contribution < -0.4 is 5.32 Å². The Kier molecular flexibility index (Phi) is 3.35. The number of aryl methyl sites for hydroxylation is 1. The van der Waals surface area contributed by atoms with E-state index in [-0.39, 0.29) is 0 Å². The van der Waals surface area contributed by atoms with Crippen molar-refractivity contribution in [3.8, 4) is 0 Å². The number of rotatable bonds is 4. The van der Waals surface area contributed by atoms with Crippen molar-refractivity contribution >= 4 is 17.4 Å². The van der Waals surface area contributed by atoms with Gasteiger partial charge < -0.3 is 5.32 Å². The molecule has 0 amide bonds. The highest BCUT2D eigenvalue weighted by Gasteiger charge is 2.04. The average Bonchev–Trinajstić information content (AvgIpc) is 2.72. The van der Waals surface area contributed by atoms with Crippen LogP contribution in [0, 0.1) is 0 Å². The van der Waals surface area contributed by atoms with Crippen LogP contribution in [0.1, 0.15) is 5.69 Å². The second-order valence-corrected chi connectivity index (χ2v) is 4.10. The Labute approximate surface area is 97.5 Å². The monoisotopic (exact) mass is 236 g/mol. The first-order valence-corrected chi connectivity index (χ1v) is 5.76. The van der Waals surface area contributed by atoms with Crippen LogP contribution in [0.3, 0.4) is 0 Å². The first-order chi connectivity index (χ1) is 7.79. The lowest BCUT2D eigenvalue weighted by molar-refractivity contribution is 0.664. The summed E-state index contributed by atoms with van der Waals surface area (Å²) in [5.74, 6) is 0.754. The summed E-state index contributed by atoms with van der Waals surface area (Å²) in [4.78, 5) is 4.28. The van der Waals surface area contributed by atoms with Gasteiger partial charge in [0.05, 0.1) is 5.69 Å². The predicted octanol–water partition coefficient (Wildman–Crippen LogP) is 0.939. The van der Waals surface area contributed by atoms with Crippen LogP contribution in [0.4, 0.5) is 5.69 Å². The zero-order valence-electron chi connectivity index (χ0n) is 9.08. The maximum atomic E-state index is 4.28. The zero-order chi connectivity index (χ0) is 11.4. The lowest BCUT2D eigenvalue weighted by Gasteiger charge is -2.02. The molecule has 0 radical (unpaired) electrons. The summed E-state index contributed by atoms with van der Waals surface area (Å²) in [5.41, 5.74) is 2.06. The van der Waals surface area contributed by atoms with E-state index in [1.54, 1.807) is 22.6 Å². The van der Waals surface area contributed by atoms with Gasteiger partial charge in [-0.3, -0.25) is 4.98 Å². The van der Waals surface area contributed by atoms with Crippen LogP contribution >= 0.6 is 11.8 Å². The van der Waals surface area contributed by atoms with Gasteiger partial charge in [-0.15, -0.1) is 5.10 Å². The fraction of sp³-hybridized carbons (Fsp3) is 0.333. The number of aromatic nitrogens is 5. The van der Waals surface area contributed by atoms with E-state index in [0.717, 1.165) is 22.3 Å². The first-order valence-electron chi connectivity index (χ1n) is 4.77. The first kappa shape index (κ1) is 10.9. The smallest absolute Gasteiger partial charge is 0.209 e. The maximum Gasteiger partial charge on any atom is 0.209 e. The third-order valence-corrected chi connectivity index (χ3v) is 3.08. The third kappa shape index (κ3) is 2.48. The zero-order valence-corrected chi connectivity index (χ0v) is 9.90. The Hall–Kier alpha value is -1.63. The van der Waals surface area contributed by atoms with E-state index in [4.69, 9.17) is 0 Å². The summed E-state index contributed by atoms with van der Waals surface area (Å²) in [6, 6.07) is 3.94. The molecule has 0 aliphatic rings. The molecule has 2 aromatic rings. The molecule has 6 nitrogen and oxygen atoms in total. The minimum atomic E-state index is 0.754. The van der Waals surface area contributed by atoms with E-state index in [1.807, 2.05) is 26.2 Å². The molecule has 0 aliphatic carbocycles. The van der Waals surface area contributed by atoms with Gasteiger partial charge in [-0.25, -0.2) is 4.68 Å². The normalized spacial score (nSPS) is 10.4. The van der Waals surface area contributed by atoms with Gasteiger partial charge >= 0.3 is 0 Å². The number of tetrazole rings is 1. The fourth-order valence-corrected chi connectivity index (χ4v) is 1.95. The molecule has 1 N–H and O–H groups in total. The third-order valence-electron chi connectivity index (χ3n) is 2.04. The van der Waals surface area contributed by atoms with E-state index in [9.17, 15) is 0 Å². The van der Waals surface area contributed by atoms with Gasteiger partial charge in [-0.05, 0) is 22.6 Å². The predicted molar refractivity (Wildman–Crippen MR) is 62.1 cm³/mol. The molecule has 2 rings (SSSR count). The summed E-state index contributed by atoms with van der Waals surface area (Å²) in [5, 5.41) is 15.1. The van der Waals surface area contributed by atoms with Gasteiger partial charge in [0.1, 0.15) is 0 Å². The van der Waals surface area contributed by atoms with E-state index >= 15 is 0 Å². The van der Waals surface area contributed by atoms with Crippen molar-refractivity contribution in [2.45, 2.75) is 10.9 Å². The van der Waals surface area contributed by atoms with E-state index < -0.39 is 0 Å². The Bertz CT molecular complexity index is 469. The molecule has 0 bridgehead atoms. The second-order valence-electron chi connectivity index (χ2n) is 3.16. The summed E-state index contributed by atoms with van der Waals surface area (Å²) in [6.45, 7) is 0. The molecule has 7 heteroatoms. The molecule has 0 aliphatic heterocycles. The molecule has 0 unspecified atom stereocenters. The molecule has 0 saturated heterocycles. The summed E-state index contributed by atoms with van der Waals surface area (Å²) in [6.07, 6.45) is 1.79. The molecular weight excluding hydrogens is 224 g/mol. The molecular formula is C9H12N6S. The van der Waals surface area contributed by atoms with Crippen LogP contribution in [0.15, 0.2) is 23.5 Å². The van der Waals surface area contributed by atoms with Gasteiger partial charge in [0.15, 0.2) is 0 Å². The van der Waals surface area contributed by atoms with Crippen molar-refractivity contribution in [3.63, 3.8) is 0 Å². The summed E-state index contributed by atoms with van der Waals surface area (Å²) >= 11 is 1.56. The molecule has 2 aromatic heterocycles. The topological polar surface area (TPSA) is 68.5 Å². The maximum absolute atomic E-state index is 4.28. The van der Waals surface area contributed by atoms with Crippen molar-refractivity contribution in [2.24, 2.45) is 7.05 Å². The Morgan fingerprint density at radius 2 is 2.38 bits per heavy atom. The molecule has 0 saturated carbocycles. The molecule has 84 valence electrons. The fourth-order valence-electron chi connectivity index (χ4n) is 1.19. The van der Waals surface area contributed by atoms with E-state index in [2.05, 4.69) is 25.8 Å². The lowest BCUT2D eigenvalue weighted by atomic mass is 10.3. The van der Waals surface area contributed by atoms with Crippen LogP contribution in [0.5, 0.6) is 0 Å². The highest BCUT2D eigenvalue weighted by Crippen LogP contribution is 2.19. The van der Waals surface area contributed by atoms with E-state index in [1.165, 1.54) is 0 Å². The SMILES string of the molecule is CNc1ccnc(CSc2nnnn2C)c1. The molecule has 2 heterocycles. The summed E-state index contributed by atoms with van der Waals surface area (Å²) in [7, 11) is 3.71. The number of hydrogen-bond acceptors (Lipinski definition) is 6. The van der Waals surface area contributed by atoms with Gasteiger partial charge in [0.2, 0.25) is 5.16 Å². The Balaban J connectivity index is 2.02. The second kappa shape index (κ2) is 4.93. The number of pyridine rings is 1. The Morgan fingerprint density at radius 3 is 3.06 bits per heavy atom. The standard InChI is InChI=1S/C9H12N6S/c1-10-7-3-4-11-8(5-7)6-16-9-12-13-14-15(9)2/h3-5H,6H2,1-2H3,(H,10,11). The van der Waals surface area contributed by atoms with Gasteiger partial charge in [0.25, 0.3) is 0 Å². The molecule has 0 atom stereocenters. The van der Waals surface area contributed by atoms with E-state index in [0.29, 0.717) is 0 Å². The molecule has 16 heavy (non-hydrogen) atoms. The number of hydrogen-bond donors (Lipinski definition) is 1. The average molecular weight is 236 g/mol. The number of nitrogens with zero attached hydrogens (tertiary/aromatic N) is 5. The summed E-state index contributed by atoms with van der Waals surface area (Å²) < 4.78 is 1.65. The van der Waals surface area contributed by atoms with Crippen molar-refractivity contribution < 1.29 is 0 Å². The van der Waals surface area contributed by atoms with Crippen LogP contribution in [-0.4, -0.2) is 32.2 Å². The van der Waals surface area contributed by atoms with Crippen LogP contribution in [0.25, 0.3) is 0 Å². The van der Waals surface area contributed by atoms with Gasteiger partial charge in [-0.2, -0.15) is 0 Å². The minimum absolute atomic E-state index is 0.754. The van der Waals surface area contributed by atoms with Crippen LogP contribution in [-0.2, 0) is 12.8 Å². The van der Waals surface area contributed by atoms with Crippen molar-refractivity contribution in [1.82, 2.24) is 25.2 Å². The van der Waals surface area contributed by atoms with Crippen molar-refractivity contribution in [2.75, 3.05) is 12.4 Å². The molecule has 0 fully saturated rings. The molecule has 0 aromatic carbocycles. The number of thioether (sulfide) groups is 1. The highest BCUT2D eigenvalue weighted by atomic mass is 32.2. The van der Waals surface area contributed by atoms with Crippen molar-refractivity contribution in [1.29, 1.82) is 0 Å². The molecule has 0 spiro atoms. The lowest BCUT2D eigenvalue weighted by Crippen LogP contribution is -1.95. The quantitative estimate of drug-likeness (QED) is 0.797. The van der Waals surface area contributed by atoms with Gasteiger partial charge in [-0.1, -0.05) is 11.8 Å². The van der Waals surface area contributed by atoms with Crippen molar-refractivity contribution in [3.05, 3.63) is 24.0 Å². The number of anilines is 1. The number of nitrogens with one attached hydrogen (secondary N) is 1.